The van der Waals surface area contributed by atoms with Gasteiger partial charge in [-0.05, 0) is 43.0 Å². The van der Waals surface area contributed by atoms with E-state index in [4.69, 9.17) is 0 Å². The van der Waals surface area contributed by atoms with Gasteiger partial charge in [-0.1, -0.05) is 42.0 Å². The smallest absolute Gasteiger partial charge is 0.229 e. The molecule has 0 radical (unpaired) electrons. The largest absolute Gasteiger partial charge is 0.356 e. The number of rotatable bonds is 8. The first-order valence-electron chi connectivity index (χ1n) is 8.21. The van der Waals surface area contributed by atoms with Gasteiger partial charge in [0.1, 0.15) is 0 Å². The zero-order valence-corrected chi connectivity index (χ0v) is 15.4. The third-order valence-corrected chi connectivity index (χ3v) is 4.31. The normalized spacial score (nSPS) is 11.1. The Morgan fingerprint density at radius 1 is 0.960 bits per heavy atom. The standard InChI is InChI=1S/C19H24N2O3S/c1-15-5-7-17(8-6-15)14-19(22)20-13-3-4-16-9-11-18(12-10-16)21-25(2,23)24/h5-12,21H,3-4,13-14H2,1-2H3,(H,20,22). The fourth-order valence-electron chi connectivity index (χ4n) is 2.43. The monoisotopic (exact) mass is 360 g/mol. The summed E-state index contributed by atoms with van der Waals surface area (Å²) in [5.74, 6) is 0.0246. The lowest BCUT2D eigenvalue weighted by Crippen LogP contribution is -2.26. The summed E-state index contributed by atoms with van der Waals surface area (Å²) in [7, 11) is -3.25. The Kier molecular flexibility index (Phi) is 6.58. The van der Waals surface area contributed by atoms with Crippen molar-refractivity contribution < 1.29 is 13.2 Å². The third kappa shape index (κ3) is 7.39. The van der Waals surface area contributed by atoms with Crippen molar-refractivity contribution in [1.29, 1.82) is 0 Å². The van der Waals surface area contributed by atoms with Crippen molar-refractivity contribution in [2.45, 2.75) is 26.2 Å². The summed E-state index contributed by atoms with van der Waals surface area (Å²) in [4.78, 5) is 11.9. The maximum atomic E-state index is 11.9. The van der Waals surface area contributed by atoms with Crippen LogP contribution >= 0.6 is 0 Å². The van der Waals surface area contributed by atoms with Crippen LogP contribution in [0.1, 0.15) is 23.1 Å². The van der Waals surface area contributed by atoms with Gasteiger partial charge in [0.25, 0.3) is 0 Å². The summed E-state index contributed by atoms with van der Waals surface area (Å²) in [6, 6.07) is 15.2. The highest BCUT2D eigenvalue weighted by molar-refractivity contribution is 7.92. The van der Waals surface area contributed by atoms with Gasteiger partial charge in [-0.25, -0.2) is 8.42 Å². The summed E-state index contributed by atoms with van der Waals surface area (Å²) >= 11 is 0. The van der Waals surface area contributed by atoms with Gasteiger partial charge < -0.3 is 5.32 Å². The molecule has 0 atom stereocenters. The molecule has 0 aliphatic heterocycles. The molecule has 0 aliphatic rings. The Morgan fingerprint density at radius 3 is 2.16 bits per heavy atom. The average Bonchev–Trinajstić information content (AvgIpc) is 2.54. The molecule has 0 aliphatic carbocycles. The molecule has 5 nitrogen and oxygen atoms in total. The van der Waals surface area contributed by atoms with Crippen LogP contribution in [-0.2, 0) is 27.7 Å². The van der Waals surface area contributed by atoms with E-state index in [1.54, 1.807) is 12.1 Å². The van der Waals surface area contributed by atoms with Crippen LogP contribution in [0.25, 0.3) is 0 Å². The molecule has 0 saturated heterocycles. The third-order valence-electron chi connectivity index (χ3n) is 3.71. The molecule has 2 aromatic carbocycles. The predicted molar refractivity (Wildman–Crippen MR) is 101 cm³/mol. The second kappa shape index (κ2) is 8.67. The van der Waals surface area contributed by atoms with E-state index >= 15 is 0 Å². The molecule has 2 rings (SSSR count). The number of carbonyl (C=O) groups excluding carboxylic acids is 1. The molecule has 0 spiro atoms. The number of benzene rings is 2. The maximum absolute atomic E-state index is 11.9. The zero-order valence-electron chi connectivity index (χ0n) is 14.6. The van der Waals surface area contributed by atoms with Gasteiger partial charge in [0.2, 0.25) is 15.9 Å². The second-order valence-electron chi connectivity index (χ2n) is 6.19. The summed E-state index contributed by atoms with van der Waals surface area (Å²) in [6.07, 6.45) is 3.18. The van der Waals surface area contributed by atoms with Crippen LogP contribution in [0.15, 0.2) is 48.5 Å². The molecular weight excluding hydrogens is 336 g/mol. The molecule has 0 saturated carbocycles. The van der Waals surface area contributed by atoms with Crippen molar-refractivity contribution in [2.24, 2.45) is 0 Å². The van der Waals surface area contributed by atoms with E-state index < -0.39 is 10.0 Å². The van der Waals surface area contributed by atoms with Gasteiger partial charge >= 0.3 is 0 Å². The van der Waals surface area contributed by atoms with Gasteiger partial charge in [0.05, 0.1) is 12.7 Å². The quantitative estimate of drug-likeness (QED) is 0.711. The number of carbonyl (C=O) groups is 1. The lowest BCUT2D eigenvalue weighted by Gasteiger charge is -2.07. The molecule has 0 aromatic heterocycles. The molecule has 25 heavy (non-hydrogen) atoms. The molecule has 0 bridgehead atoms. The SMILES string of the molecule is Cc1ccc(CC(=O)NCCCc2ccc(NS(C)(=O)=O)cc2)cc1. The minimum Gasteiger partial charge on any atom is -0.356 e. The zero-order chi connectivity index (χ0) is 18.3. The van der Waals surface area contributed by atoms with Gasteiger partial charge in [0, 0.05) is 12.2 Å². The van der Waals surface area contributed by atoms with E-state index in [1.807, 2.05) is 43.3 Å². The highest BCUT2D eigenvalue weighted by Gasteiger charge is 2.04. The number of sulfonamides is 1. The number of anilines is 1. The topological polar surface area (TPSA) is 75.3 Å². The lowest BCUT2D eigenvalue weighted by molar-refractivity contribution is -0.120. The average molecular weight is 360 g/mol. The van der Waals surface area contributed by atoms with Crippen molar-refractivity contribution in [1.82, 2.24) is 5.32 Å². The highest BCUT2D eigenvalue weighted by atomic mass is 32.2. The molecule has 134 valence electrons. The minimum absolute atomic E-state index is 0.0246. The number of aryl methyl sites for hydroxylation is 2. The molecule has 2 N–H and O–H groups in total. The van der Waals surface area contributed by atoms with Crippen LogP contribution in [0.3, 0.4) is 0 Å². The summed E-state index contributed by atoms with van der Waals surface area (Å²) in [5.41, 5.74) is 3.85. The van der Waals surface area contributed by atoms with Crippen LogP contribution in [-0.4, -0.2) is 27.1 Å². The van der Waals surface area contributed by atoms with Gasteiger partial charge in [-0.2, -0.15) is 0 Å². The van der Waals surface area contributed by atoms with E-state index in [1.165, 1.54) is 5.56 Å². The Bertz CT molecular complexity index is 798. The molecule has 1 amide bonds. The summed E-state index contributed by atoms with van der Waals surface area (Å²) < 4.78 is 24.7. The summed E-state index contributed by atoms with van der Waals surface area (Å²) in [6.45, 7) is 2.64. The number of hydrogen-bond donors (Lipinski definition) is 2. The summed E-state index contributed by atoms with van der Waals surface area (Å²) in [5, 5.41) is 2.93. The highest BCUT2D eigenvalue weighted by Crippen LogP contribution is 2.12. The molecular formula is C19H24N2O3S. The minimum atomic E-state index is -3.25. The van der Waals surface area contributed by atoms with Crippen molar-refractivity contribution in [2.75, 3.05) is 17.5 Å². The van der Waals surface area contributed by atoms with Crippen LogP contribution in [0.2, 0.25) is 0 Å². The van der Waals surface area contributed by atoms with Crippen LogP contribution in [0.4, 0.5) is 5.69 Å². The Morgan fingerprint density at radius 2 is 1.56 bits per heavy atom. The number of hydrogen-bond acceptors (Lipinski definition) is 3. The molecule has 6 heteroatoms. The van der Waals surface area contributed by atoms with E-state index in [0.717, 1.165) is 30.2 Å². The molecule has 2 aromatic rings. The maximum Gasteiger partial charge on any atom is 0.229 e. The van der Waals surface area contributed by atoms with E-state index in [0.29, 0.717) is 18.7 Å². The fourth-order valence-corrected chi connectivity index (χ4v) is 2.99. The molecule has 0 heterocycles. The Labute approximate surface area is 149 Å². The lowest BCUT2D eigenvalue weighted by atomic mass is 10.1. The first kappa shape index (κ1) is 19.0. The van der Waals surface area contributed by atoms with Crippen LogP contribution in [0.5, 0.6) is 0 Å². The van der Waals surface area contributed by atoms with E-state index in [9.17, 15) is 13.2 Å². The van der Waals surface area contributed by atoms with Crippen molar-refractivity contribution >= 4 is 21.6 Å². The Hall–Kier alpha value is -2.34. The second-order valence-corrected chi connectivity index (χ2v) is 7.94. The number of amides is 1. The first-order chi connectivity index (χ1) is 11.8. The van der Waals surface area contributed by atoms with Gasteiger partial charge in [0.15, 0.2) is 0 Å². The van der Waals surface area contributed by atoms with Crippen LogP contribution < -0.4 is 10.0 Å². The van der Waals surface area contributed by atoms with Gasteiger partial charge in [-0.3, -0.25) is 9.52 Å². The Balaban J connectivity index is 1.70. The van der Waals surface area contributed by atoms with Crippen molar-refractivity contribution in [3.8, 4) is 0 Å². The molecule has 0 unspecified atom stereocenters. The fraction of sp³-hybridized carbons (Fsp3) is 0.316. The van der Waals surface area contributed by atoms with Crippen LogP contribution in [0, 0.1) is 6.92 Å². The van der Waals surface area contributed by atoms with Crippen molar-refractivity contribution in [3.63, 3.8) is 0 Å². The van der Waals surface area contributed by atoms with Crippen molar-refractivity contribution in [3.05, 3.63) is 65.2 Å². The first-order valence-corrected chi connectivity index (χ1v) is 10.1. The predicted octanol–water partition coefficient (Wildman–Crippen LogP) is 2.66. The number of nitrogens with one attached hydrogen (secondary N) is 2. The van der Waals surface area contributed by atoms with E-state index in [-0.39, 0.29) is 5.91 Å². The van der Waals surface area contributed by atoms with E-state index in [2.05, 4.69) is 10.0 Å². The van der Waals surface area contributed by atoms with Gasteiger partial charge in [-0.15, -0.1) is 0 Å². The molecule has 0 fully saturated rings.